The number of amides is 2. The third-order valence-electron chi connectivity index (χ3n) is 4.27. The van der Waals surface area contributed by atoms with Crippen LogP contribution in [0, 0.1) is 19.8 Å². The van der Waals surface area contributed by atoms with E-state index in [4.69, 9.17) is 4.42 Å². The third-order valence-corrected chi connectivity index (χ3v) is 4.27. The average Bonchev–Trinajstić information content (AvgIpc) is 2.98. The lowest BCUT2D eigenvalue weighted by Gasteiger charge is -2.18. The summed E-state index contributed by atoms with van der Waals surface area (Å²) in [6.45, 7) is 6.18. The Morgan fingerprint density at radius 1 is 1.40 bits per heavy atom. The molecule has 0 aliphatic heterocycles. The number of hydrogen-bond acceptors (Lipinski definition) is 5. The Morgan fingerprint density at radius 2 is 2.12 bits per heavy atom. The number of nitrogens with zero attached hydrogens (tertiary/aromatic N) is 2. The van der Waals surface area contributed by atoms with Gasteiger partial charge in [-0.3, -0.25) is 14.8 Å². The topological polar surface area (TPSA) is 95.7 Å². The lowest BCUT2D eigenvalue weighted by atomic mass is 10.0. The fourth-order valence-corrected chi connectivity index (χ4v) is 2.64. The van der Waals surface area contributed by atoms with Gasteiger partial charge in [-0.15, -0.1) is 0 Å². The zero-order valence-electron chi connectivity index (χ0n) is 14.9. The van der Waals surface area contributed by atoms with Crippen molar-refractivity contribution in [1.29, 1.82) is 0 Å². The Morgan fingerprint density at radius 3 is 2.80 bits per heavy atom. The van der Waals surface area contributed by atoms with Gasteiger partial charge in [0.25, 0.3) is 0 Å². The highest BCUT2D eigenvalue weighted by Crippen LogP contribution is 2.20. The normalized spacial score (nSPS) is 12.2. The molecule has 0 spiro atoms. The maximum atomic E-state index is 12.4. The van der Waals surface area contributed by atoms with E-state index in [9.17, 15) is 14.8 Å². The van der Waals surface area contributed by atoms with Crippen LogP contribution in [0.1, 0.15) is 43.2 Å². The summed E-state index contributed by atoms with van der Waals surface area (Å²) in [5.74, 6) is -0.271. The van der Waals surface area contributed by atoms with Crippen LogP contribution in [0.2, 0.25) is 0 Å². The number of unbranched alkanes of at least 4 members (excludes halogenated alkanes) is 1. The van der Waals surface area contributed by atoms with Crippen LogP contribution in [0.4, 0.5) is 0 Å². The number of hydroxylamine groups is 2. The fourth-order valence-electron chi connectivity index (χ4n) is 2.64. The van der Waals surface area contributed by atoms with E-state index in [2.05, 4.69) is 10.3 Å². The van der Waals surface area contributed by atoms with Gasteiger partial charge in [0.2, 0.25) is 18.2 Å². The molecule has 7 nitrogen and oxygen atoms in total. The molecule has 2 rings (SSSR count). The van der Waals surface area contributed by atoms with E-state index in [0.29, 0.717) is 29.4 Å². The van der Waals surface area contributed by atoms with Crippen molar-refractivity contribution in [3.63, 3.8) is 0 Å². The number of aromatic nitrogens is 1. The fraction of sp³-hybridized carbons (Fsp3) is 0.500. The number of oxazole rings is 1. The first-order valence-electron chi connectivity index (χ1n) is 8.49. The molecule has 0 bridgehead atoms. The molecule has 1 heterocycles. The molecule has 25 heavy (non-hydrogen) atoms. The number of nitrogens with one attached hydrogen (secondary N) is 1. The zero-order valence-corrected chi connectivity index (χ0v) is 14.9. The Bertz CT molecular complexity index is 702. The predicted octanol–water partition coefficient (Wildman–Crippen LogP) is 2.71. The molecule has 7 heteroatoms. The molecular weight excluding hydrogens is 322 g/mol. The van der Waals surface area contributed by atoms with Crippen LogP contribution in [0.25, 0.3) is 11.1 Å². The van der Waals surface area contributed by atoms with E-state index in [0.717, 1.165) is 29.5 Å². The maximum absolute atomic E-state index is 12.4. The number of rotatable bonds is 9. The van der Waals surface area contributed by atoms with E-state index >= 15 is 0 Å². The molecular formula is C18H25N3O4. The number of fused-ring (bicyclic) bond motifs is 1. The van der Waals surface area contributed by atoms with E-state index in [-0.39, 0.29) is 19.0 Å². The van der Waals surface area contributed by atoms with Crippen molar-refractivity contribution in [2.75, 3.05) is 6.54 Å². The monoisotopic (exact) mass is 347 g/mol. The molecule has 0 aliphatic rings. The molecule has 0 aliphatic carbocycles. The minimum Gasteiger partial charge on any atom is -0.439 e. The molecule has 1 atom stereocenters. The van der Waals surface area contributed by atoms with Gasteiger partial charge in [-0.2, -0.15) is 0 Å². The van der Waals surface area contributed by atoms with Crippen LogP contribution in [0.5, 0.6) is 0 Å². The molecule has 0 saturated heterocycles. The largest absolute Gasteiger partial charge is 0.439 e. The summed E-state index contributed by atoms with van der Waals surface area (Å²) in [5, 5.41) is 12.6. The molecule has 2 N–H and O–H groups in total. The van der Waals surface area contributed by atoms with E-state index in [1.807, 2.05) is 32.9 Å². The summed E-state index contributed by atoms with van der Waals surface area (Å²) >= 11 is 0. The first kappa shape index (κ1) is 18.9. The SMILES string of the molecule is CCCCC(CN(O)C=O)C(=O)NCc1nc2cc(C)c(C)cc2o1. The summed E-state index contributed by atoms with van der Waals surface area (Å²) in [5.41, 5.74) is 3.71. The molecule has 1 aromatic heterocycles. The number of carbonyl (C=O) groups excluding carboxylic acids is 2. The summed E-state index contributed by atoms with van der Waals surface area (Å²) in [6, 6.07) is 3.89. The molecule has 0 saturated carbocycles. The highest BCUT2D eigenvalue weighted by molar-refractivity contribution is 5.79. The highest BCUT2D eigenvalue weighted by atomic mass is 16.5. The van der Waals surface area contributed by atoms with Gasteiger partial charge >= 0.3 is 0 Å². The number of hydrogen-bond donors (Lipinski definition) is 2. The molecule has 0 fully saturated rings. The minimum atomic E-state index is -0.469. The molecule has 1 unspecified atom stereocenters. The van der Waals surface area contributed by atoms with Gasteiger partial charge in [0, 0.05) is 0 Å². The summed E-state index contributed by atoms with van der Waals surface area (Å²) in [7, 11) is 0. The van der Waals surface area contributed by atoms with Crippen molar-refractivity contribution in [2.45, 2.75) is 46.6 Å². The second-order valence-electron chi connectivity index (χ2n) is 6.30. The van der Waals surface area contributed by atoms with Gasteiger partial charge in [0.05, 0.1) is 19.0 Å². The Labute approximate surface area is 147 Å². The molecule has 2 amide bonds. The highest BCUT2D eigenvalue weighted by Gasteiger charge is 2.21. The van der Waals surface area contributed by atoms with Gasteiger partial charge in [0.1, 0.15) is 5.52 Å². The lowest BCUT2D eigenvalue weighted by molar-refractivity contribution is -0.154. The van der Waals surface area contributed by atoms with Crippen LogP contribution in [0.15, 0.2) is 16.5 Å². The zero-order chi connectivity index (χ0) is 18.4. The van der Waals surface area contributed by atoms with Gasteiger partial charge < -0.3 is 9.73 Å². The Hall–Kier alpha value is -2.41. The van der Waals surface area contributed by atoms with Gasteiger partial charge in [-0.05, 0) is 43.5 Å². The van der Waals surface area contributed by atoms with Crippen molar-refractivity contribution in [3.8, 4) is 0 Å². The predicted molar refractivity (Wildman–Crippen MR) is 92.9 cm³/mol. The summed E-state index contributed by atoms with van der Waals surface area (Å²) in [6.07, 6.45) is 2.67. The van der Waals surface area contributed by atoms with Crippen LogP contribution >= 0.6 is 0 Å². The van der Waals surface area contributed by atoms with Crippen LogP contribution < -0.4 is 5.32 Å². The van der Waals surface area contributed by atoms with Crippen molar-refractivity contribution in [1.82, 2.24) is 15.4 Å². The van der Waals surface area contributed by atoms with Crippen molar-refractivity contribution < 1.29 is 19.2 Å². The molecule has 2 aromatic rings. The van der Waals surface area contributed by atoms with Crippen LogP contribution in [-0.2, 0) is 16.1 Å². The van der Waals surface area contributed by atoms with E-state index < -0.39 is 5.92 Å². The third kappa shape index (κ3) is 5.03. The van der Waals surface area contributed by atoms with Gasteiger partial charge in [-0.1, -0.05) is 19.8 Å². The van der Waals surface area contributed by atoms with Gasteiger partial charge in [0.15, 0.2) is 5.58 Å². The van der Waals surface area contributed by atoms with E-state index in [1.165, 1.54) is 0 Å². The minimum absolute atomic E-state index is 0.0265. The number of benzene rings is 1. The summed E-state index contributed by atoms with van der Waals surface area (Å²) < 4.78 is 5.68. The Balaban J connectivity index is 2.02. The molecule has 136 valence electrons. The van der Waals surface area contributed by atoms with Gasteiger partial charge in [-0.25, -0.2) is 10.0 Å². The first-order chi connectivity index (χ1) is 11.9. The van der Waals surface area contributed by atoms with Crippen molar-refractivity contribution >= 4 is 23.4 Å². The second kappa shape index (κ2) is 8.62. The standard InChI is InChI=1S/C18H25N3O4/c1-4-5-6-14(10-21(24)11-22)18(23)19-9-17-20-15-7-12(2)13(3)8-16(15)25-17/h7-8,11,14,24H,4-6,9-10H2,1-3H3,(H,19,23). The molecule has 1 aromatic carbocycles. The van der Waals surface area contributed by atoms with Crippen molar-refractivity contribution in [3.05, 3.63) is 29.2 Å². The quantitative estimate of drug-likeness (QED) is 0.413. The smallest absolute Gasteiger partial charge is 0.233 e. The lowest BCUT2D eigenvalue weighted by Crippen LogP contribution is -2.37. The van der Waals surface area contributed by atoms with E-state index in [1.54, 1.807) is 0 Å². The number of carbonyl (C=O) groups is 2. The first-order valence-corrected chi connectivity index (χ1v) is 8.49. The maximum Gasteiger partial charge on any atom is 0.233 e. The summed E-state index contributed by atoms with van der Waals surface area (Å²) in [4.78, 5) is 27.3. The average molecular weight is 347 g/mol. The Kier molecular flexibility index (Phi) is 6.52. The van der Waals surface area contributed by atoms with Crippen LogP contribution in [-0.4, -0.2) is 34.1 Å². The second-order valence-corrected chi connectivity index (χ2v) is 6.30. The van der Waals surface area contributed by atoms with Crippen LogP contribution in [0.3, 0.4) is 0 Å². The number of aryl methyl sites for hydroxylation is 2. The van der Waals surface area contributed by atoms with Crippen molar-refractivity contribution in [2.24, 2.45) is 5.92 Å². The molecule has 0 radical (unpaired) electrons.